The quantitative estimate of drug-likeness (QED) is 0.459. The van der Waals surface area contributed by atoms with Gasteiger partial charge in [0.15, 0.2) is 4.84 Å². The average Bonchev–Trinajstić information content (AvgIpc) is 2.33. The Bertz CT molecular complexity index is 462. The van der Waals surface area contributed by atoms with Crippen molar-refractivity contribution in [1.29, 1.82) is 5.26 Å². The van der Waals surface area contributed by atoms with Gasteiger partial charge in [-0.15, -0.1) is 26.9 Å². The summed E-state index contributed by atoms with van der Waals surface area (Å²) in [5.74, 6) is -0.333. The SMILES string of the molecule is COCCS(=O)(=O)N(SC(Cl)(Cl)C(Cl)Cl)C(C)(C)C#N. The van der Waals surface area contributed by atoms with E-state index in [1.54, 1.807) is 0 Å². The van der Waals surface area contributed by atoms with E-state index in [0.29, 0.717) is 11.9 Å². The van der Waals surface area contributed by atoms with Crippen LogP contribution in [0.3, 0.4) is 0 Å². The van der Waals surface area contributed by atoms with Gasteiger partial charge in [0.25, 0.3) is 0 Å². The minimum atomic E-state index is -3.86. The minimum absolute atomic E-state index is 0.0380. The van der Waals surface area contributed by atoms with Crippen LogP contribution >= 0.6 is 58.4 Å². The van der Waals surface area contributed by atoms with Gasteiger partial charge in [0.1, 0.15) is 5.54 Å². The number of sulfonamides is 1. The highest BCUT2D eigenvalue weighted by Crippen LogP contribution is 2.47. The fraction of sp³-hybridized carbons (Fsp3) is 0.889. The summed E-state index contributed by atoms with van der Waals surface area (Å²) in [6.07, 6.45) is 0. The van der Waals surface area contributed by atoms with Crippen LogP contribution in [0.2, 0.25) is 0 Å². The van der Waals surface area contributed by atoms with Crippen LogP contribution in [0.4, 0.5) is 0 Å². The van der Waals surface area contributed by atoms with Crippen LogP contribution in [-0.4, -0.2) is 45.6 Å². The number of nitriles is 1. The normalized spacial score (nSPS) is 13.8. The Morgan fingerprint density at radius 1 is 1.40 bits per heavy atom. The third-order valence-corrected chi connectivity index (χ3v) is 7.85. The van der Waals surface area contributed by atoms with Crippen LogP contribution in [0.1, 0.15) is 13.8 Å². The molecule has 0 aliphatic heterocycles. The molecule has 0 saturated carbocycles. The first-order valence-electron chi connectivity index (χ1n) is 5.19. The number of halogens is 4. The lowest BCUT2D eigenvalue weighted by atomic mass is 10.1. The lowest BCUT2D eigenvalue weighted by Gasteiger charge is -2.34. The van der Waals surface area contributed by atoms with Crippen LogP contribution in [-0.2, 0) is 14.8 Å². The maximum atomic E-state index is 12.3. The van der Waals surface area contributed by atoms with Gasteiger partial charge in [-0.25, -0.2) is 8.42 Å². The van der Waals surface area contributed by atoms with Crippen LogP contribution in [0.25, 0.3) is 0 Å². The Kier molecular flexibility index (Phi) is 8.27. The van der Waals surface area contributed by atoms with E-state index in [4.69, 9.17) is 56.4 Å². The van der Waals surface area contributed by atoms with Crippen molar-refractivity contribution in [3.05, 3.63) is 0 Å². The number of hydrogen-bond acceptors (Lipinski definition) is 5. The molecular weight excluding hydrogens is 390 g/mol. The largest absolute Gasteiger partial charge is 0.384 e. The fourth-order valence-electron chi connectivity index (χ4n) is 0.981. The smallest absolute Gasteiger partial charge is 0.227 e. The molecule has 118 valence electrons. The van der Waals surface area contributed by atoms with Crippen LogP contribution in [0, 0.1) is 11.3 Å². The molecule has 0 saturated heterocycles. The molecule has 20 heavy (non-hydrogen) atoms. The Labute approximate surface area is 143 Å². The van der Waals surface area contributed by atoms with E-state index in [-0.39, 0.29) is 12.4 Å². The second kappa shape index (κ2) is 7.93. The first-order valence-corrected chi connectivity index (χ1v) is 9.20. The highest BCUT2D eigenvalue weighted by atomic mass is 35.5. The predicted molar refractivity (Wildman–Crippen MR) is 84.7 cm³/mol. The van der Waals surface area contributed by atoms with Gasteiger partial charge in [-0.1, -0.05) is 23.2 Å². The molecule has 0 radical (unpaired) electrons. The molecule has 0 aromatic carbocycles. The third-order valence-electron chi connectivity index (χ3n) is 1.99. The maximum Gasteiger partial charge on any atom is 0.227 e. The lowest BCUT2D eigenvalue weighted by molar-refractivity contribution is 0.216. The van der Waals surface area contributed by atoms with E-state index >= 15 is 0 Å². The summed E-state index contributed by atoms with van der Waals surface area (Å²) in [5.41, 5.74) is -1.39. The van der Waals surface area contributed by atoms with Crippen molar-refractivity contribution in [3.8, 4) is 6.07 Å². The molecule has 11 heteroatoms. The van der Waals surface area contributed by atoms with Gasteiger partial charge in [-0.2, -0.15) is 5.26 Å². The zero-order valence-corrected chi connectivity index (χ0v) is 15.6. The Morgan fingerprint density at radius 3 is 2.25 bits per heavy atom. The zero-order chi connectivity index (χ0) is 16.2. The van der Waals surface area contributed by atoms with E-state index < -0.39 is 24.1 Å². The summed E-state index contributed by atoms with van der Waals surface area (Å²) in [5, 5.41) is 9.14. The first-order chi connectivity index (χ1) is 8.90. The van der Waals surface area contributed by atoms with E-state index in [2.05, 4.69) is 0 Å². The van der Waals surface area contributed by atoms with Gasteiger partial charge < -0.3 is 4.74 Å². The molecule has 0 unspecified atom stereocenters. The van der Waals surface area contributed by atoms with Gasteiger partial charge in [0.2, 0.25) is 13.7 Å². The van der Waals surface area contributed by atoms with Gasteiger partial charge in [-0.3, -0.25) is 0 Å². The van der Waals surface area contributed by atoms with E-state index in [9.17, 15) is 8.42 Å². The van der Waals surface area contributed by atoms with E-state index in [1.165, 1.54) is 21.0 Å². The number of alkyl halides is 4. The molecule has 0 aliphatic rings. The maximum absolute atomic E-state index is 12.3. The van der Waals surface area contributed by atoms with Crippen molar-refractivity contribution >= 4 is 68.4 Å². The van der Waals surface area contributed by atoms with E-state index in [1.807, 2.05) is 6.07 Å². The molecule has 0 bridgehead atoms. The van der Waals surface area contributed by atoms with Crippen LogP contribution in [0.15, 0.2) is 0 Å². The summed E-state index contributed by atoms with van der Waals surface area (Å²) >= 11 is 23.5. The minimum Gasteiger partial charge on any atom is -0.384 e. The monoisotopic (exact) mass is 402 g/mol. The van der Waals surface area contributed by atoms with Crippen molar-refractivity contribution in [2.45, 2.75) is 27.9 Å². The Hall–Kier alpha value is 0.870. The third kappa shape index (κ3) is 5.93. The number of rotatable bonds is 8. The summed E-state index contributed by atoms with van der Waals surface area (Å²) in [6, 6.07) is 1.87. The highest BCUT2D eigenvalue weighted by molar-refractivity contribution is 8.11. The number of hydrogen-bond donors (Lipinski definition) is 0. The van der Waals surface area contributed by atoms with Crippen molar-refractivity contribution in [2.24, 2.45) is 0 Å². The van der Waals surface area contributed by atoms with Gasteiger partial charge in [0.05, 0.1) is 18.4 Å². The van der Waals surface area contributed by atoms with Gasteiger partial charge in [0, 0.05) is 7.11 Å². The molecule has 0 aliphatic carbocycles. The molecule has 0 aromatic heterocycles. The predicted octanol–water partition coefficient (Wildman–Crippen LogP) is 3.15. The molecule has 0 atom stereocenters. The van der Waals surface area contributed by atoms with Crippen molar-refractivity contribution in [2.75, 3.05) is 19.5 Å². The summed E-state index contributed by atoms with van der Waals surface area (Å²) in [7, 11) is -2.49. The average molecular weight is 404 g/mol. The fourth-order valence-corrected chi connectivity index (χ4v) is 4.76. The van der Waals surface area contributed by atoms with E-state index in [0.717, 1.165) is 3.71 Å². The second-order valence-electron chi connectivity index (χ2n) is 4.16. The molecule has 0 rings (SSSR count). The lowest BCUT2D eigenvalue weighted by Crippen LogP contribution is -2.46. The summed E-state index contributed by atoms with van der Waals surface area (Å²) in [6.45, 7) is 2.78. The van der Waals surface area contributed by atoms with Gasteiger partial charge >= 0.3 is 0 Å². The molecule has 0 fully saturated rings. The van der Waals surface area contributed by atoms with Crippen LogP contribution < -0.4 is 0 Å². The molecule has 0 amide bonds. The number of methoxy groups -OCH3 is 1. The summed E-state index contributed by atoms with van der Waals surface area (Å²) < 4.78 is 28.2. The number of nitrogens with zero attached hydrogens (tertiary/aromatic N) is 2. The standard InChI is InChI=1S/C9H14Cl4N2O3S2/c1-8(2,6-14)15(19-9(12,13)7(10)11)20(16,17)5-4-18-3/h7H,4-5H2,1-3H3. The van der Waals surface area contributed by atoms with Crippen molar-refractivity contribution in [1.82, 2.24) is 3.71 Å². The molecule has 0 spiro atoms. The molecule has 0 heterocycles. The first kappa shape index (κ1) is 20.9. The topological polar surface area (TPSA) is 70.4 Å². The molecule has 0 aromatic rings. The number of ether oxygens (including phenoxy) is 1. The van der Waals surface area contributed by atoms with Crippen molar-refractivity contribution in [3.63, 3.8) is 0 Å². The Morgan fingerprint density at radius 2 is 1.90 bits per heavy atom. The second-order valence-corrected chi connectivity index (χ2v) is 10.5. The Balaban J connectivity index is 5.50. The molecule has 0 N–H and O–H groups in total. The zero-order valence-electron chi connectivity index (χ0n) is 10.9. The molecular formula is C9H14Cl4N2O3S2. The summed E-state index contributed by atoms with van der Waals surface area (Å²) in [4.78, 5) is -1.26. The highest BCUT2D eigenvalue weighted by Gasteiger charge is 2.45. The van der Waals surface area contributed by atoms with Crippen LogP contribution in [0.5, 0.6) is 0 Å². The van der Waals surface area contributed by atoms with Crippen molar-refractivity contribution < 1.29 is 13.2 Å². The van der Waals surface area contributed by atoms with Gasteiger partial charge in [-0.05, 0) is 25.8 Å². The molecule has 5 nitrogen and oxygen atoms in total.